The standard InChI is InChI=1S/C22H34FNO3/c1-4-5-6-7-17-15-24-10-8-16-12-21(25-2)22(26-3)13-18(16)19(24)14-20(17)27-11-9-23/h12-13,17,19-20H,4-11,14-15H2,1-3H3/t17-,19-,20-/m1/s1. The largest absolute Gasteiger partial charge is 0.493 e. The van der Waals surface area contributed by atoms with Crippen LogP contribution in [0.2, 0.25) is 0 Å². The Balaban J connectivity index is 1.81. The van der Waals surface area contributed by atoms with Crippen LogP contribution >= 0.6 is 0 Å². The van der Waals surface area contributed by atoms with E-state index < -0.39 is 6.67 Å². The molecule has 0 aliphatic carbocycles. The van der Waals surface area contributed by atoms with Crippen LogP contribution in [0.4, 0.5) is 4.39 Å². The Hall–Kier alpha value is -1.33. The fraction of sp³-hybridized carbons (Fsp3) is 0.727. The van der Waals surface area contributed by atoms with Crippen molar-refractivity contribution in [1.29, 1.82) is 0 Å². The second-order valence-corrected chi connectivity index (χ2v) is 7.76. The Morgan fingerprint density at radius 1 is 1.15 bits per heavy atom. The topological polar surface area (TPSA) is 30.9 Å². The van der Waals surface area contributed by atoms with Gasteiger partial charge in [-0.05, 0) is 48.4 Å². The Labute approximate surface area is 163 Å². The van der Waals surface area contributed by atoms with E-state index in [-0.39, 0.29) is 12.7 Å². The summed E-state index contributed by atoms with van der Waals surface area (Å²) in [4.78, 5) is 2.60. The summed E-state index contributed by atoms with van der Waals surface area (Å²) in [6, 6.07) is 4.57. The summed E-state index contributed by atoms with van der Waals surface area (Å²) >= 11 is 0. The maximum Gasteiger partial charge on any atom is 0.161 e. The van der Waals surface area contributed by atoms with Gasteiger partial charge in [0.2, 0.25) is 0 Å². The molecule has 0 aromatic heterocycles. The summed E-state index contributed by atoms with van der Waals surface area (Å²) < 4.78 is 29.8. The van der Waals surface area contributed by atoms with Crippen molar-refractivity contribution in [2.75, 3.05) is 40.6 Å². The number of alkyl halides is 1. The van der Waals surface area contributed by atoms with Gasteiger partial charge < -0.3 is 14.2 Å². The molecule has 1 fully saturated rings. The third kappa shape index (κ3) is 4.57. The lowest BCUT2D eigenvalue weighted by Crippen LogP contribution is -2.48. The SMILES string of the molecule is CCCCC[C@@H]1CN2CCc3cc(OC)c(OC)cc3[C@H]2C[C@H]1OCCF. The number of piperidine rings is 1. The maximum absolute atomic E-state index is 12.8. The summed E-state index contributed by atoms with van der Waals surface area (Å²) in [7, 11) is 3.37. The van der Waals surface area contributed by atoms with Crippen LogP contribution in [0.3, 0.4) is 0 Å². The third-order valence-corrected chi connectivity index (χ3v) is 6.15. The molecule has 1 aromatic rings. The van der Waals surface area contributed by atoms with Crippen molar-refractivity contribution in [1.82, 2.24) is 4.90 Å². The number of ether oxygens (including phenoxy) is 3. The fourth-order valence-electron chi connectivity index (χ4n) is 4.74. The van der Waals surface area contributed by atoms with E-state index in [4.69, 9.17) is 14.2 Å². The van der Waals surface area contributed by atoms with E-state index in [1.165, 1.54) is 36.8 Å². The van der Waals surface area contributed by atoms with Crippen LogP contribution < -0.4 is 9.47 Å². The van der Waals surface area contributed by atoms with E-state index in [2.05, 4.69) is 24.0 Å². The molecule has 1 aromatic carbocycles. The van der Waals surface area contributed by atoms with Gasteiger partial charge in [-0.25, -0.2) is 4.39 Å². The van der Waals surface area contributed by atoms with Crippen molar-refractivity contribution >= 4 is 0 Å². The second kappa shape index (κ2) is 9.74. The van der Waals surface area contributed by atoms with Crippen LogP contribution in [-0.4, -0.2) is 51.6 Å². The van der Waals surface area contributed by atoms with Gasteiger partial charge in [-0.15, -0.1) is 0 Å². The molecule has 3 rings (SSSR count). The van der Waals surface area contributed by atoms with Crippen LogP contribution in [0.15, 0.2) is 12.1 Å². The minimum Gasteiger partial charge on any atom is -0.493 e. The van der Waals surface area contributed by atoms with Gasteiger partial charge in [-0.1, -0.05) is 26.2 Å². The average molecular weight is 380 g/mol. The molecular formula is C22H34FNO3. The first-order valence-electron chi connectivity index (χ1n) is 10.4. The minimum atomic E-state index is -0.409. The van der Waals surface area contributed by atoms with E-state index in [1.807, 2.05) is 0 Å². The number of hydrogen-bond donors (Lipinski definition) is 0. The van der Waals surface area contributed by atoms with Gasteiger partial charge in [0.25, 0.3) is 0 Å². The van der Waals surface area contributed by atoms with E-state index in [0.29, 0.717) is 12.0 Å². The van der Waals surface area contributed by atoms with Crippen molar-refractivity contribution in [2.45, 2.75) is 57.6 Å². The van der Waals surface area contributed by atoms with Crippen molar-refractivity contribution in [3.63, 3.8) is 0 Å². The monoisotopic (exact) mass is 379 g/mol. The zero-order chi connectivity index (χ0) is 19.2. The zero-order valence-corrected chi connectivity index (χ0v) is 17.0. The quantitative estimate of drug-likeness (QED) is 0.589. The summed E-state index contributed by atoms with van der Waals surface area (Å²) in [6.07, 6.45) is 6.99. The maximum atomic E-state index is 12.8. The molecule has 0 saturated carbocycles. The molecule has 2 aliphatic rings. The Bertz CT molecular complexity index is 609. The normalized spacial score (nSPS) is 25.0. The Kier molecular flexibility index (Phi) is 7.36. The van der Waals surface area contributed by atoms with E-state index in [1.54, 1.807) is 14.2 Å². The first kappa shape index (κ1) is 20.4. The molecule has 27 heavy (non-hydrogen) atoms. The van der Waals surface area contributed by atoms with Crippen molar-refractivity contribution in [3.05, 3.63) is 23.3 Å². The van der Waals surface area contributed by atoms with Gasteiger partial charge in [-0.3, -0.25) is 4.90 Å². The van der Waals surface area contributed by atoms with Gasteiger partial charge in [0.05, 0.1) is 26.9 Å². The molecule has 0 spiro atoms. The molecule has 0 unspecified atom stereocenters. The number of fused-ring (bicyclic) bond motifs is 3. The number of nitrogens with zero attached hydrogens (tertiary/aromatic N) is 1. The molecule has 0 radical (unpaired) electrons. The highest BCUT2D eigenvalue weighted by atomic mass is 19.1. The molecule has 1 saturated heterocycles. The molecule has 0 N–H and O–H groups in total. The summed E-state index contributed by atoms with van der Waals surface area (Å²) in [5.74, 6) is 2.08. The smallest absolute Gasteiger partial charge is 0.161 e. The predicted molar refractivity (Wildman–Crippen MR) is 106 cm³/mol. The fourth-order valence-corrected chi connectivity index (χ4v) is 4.74. The highest BCUT2D eigenvalue weighted by Gasteiger charge is 2.39. The average Bonchev–Trinajstić information content (AvgIpc) is 2.71. The zero-order valence-electron chi connectivity index (χ0n) is 17.0. The molecule has 5 heteroatoms. The van der Waals surface area contributed by atoms with Crippen molar-refractivity contribution in [3.8, 4) is 11.5 Å². The molecule has 0 amide bonds. The number of hydrogen-bond acceptors (Lipinski definition) is 4. The van der Waals surface area contributed by atoms with Gasteiger partial charge in [0.1, 0.15) is 6.67 Å². The number of methoxy groups -OCH3 is 2. The molecule has 3 atom stereocenters. The lowest BCUT2D eigenvalue weighted by molar-refractivity contribution is -0.0640. The second-order valence-electron chi connectivity index (χ2n) is 7.76. The highest BCUT2D eigenvalue weighted by molar-refractivity contribution is 5.49. The lowest BCUT2D eigenvalue weighted by Gasteiger charge is -2.47. The number of halogens is 1. The molecule has 2 aliphatic heterocycles. The third-order valence-electron chi connectivity index (χ3n) is 6.15. The van der Waals surface area contributed by atoms with E-state index in [9.17, 15) is 4.39 Å². The number of unbranched alkanes of at least 4 members (excludes halogenated alkanes) is 2. The van der Waals surface area contributed by atoms with E-state index >= 15 is 0 Å². The van der Waals surface area contributed by atoms with Crippen molar-refractivity contribution < 1.29 is 18.6 Å². The van der Waals surface area contributed by atoms with E-state index in [0.717, 1.165) is 37.4 Å². The van der Waals surface area contributed by atoms with Gasteiger partial charge in [0, 0.05) is 19.1 Å². The molecule has 4 nitrogen and oxygen atoms in total. The van der Waals surface area contributed by atoms with Gasteiger partial charge in [-0.2, -0.15) is 0 Å². The first-order valence-corrected chi connectivity index (χ1v) is 10.4. The van der Waals surface area contributed by atoms with Crippen LogP contribution in [0.1, 0.15) is 56.2 Å². The molecule has 2 heterocycles. The predicted octanol–water partition coefficient (Wildman–Crippen LogP) is 4.56. The number of benzene rings is 1. The highest BCUT2D eigenvalue weighted by Crippen LogP contribution is 2.44. The summed E-state index contributed by atoms with van der Waals surface area (Å²) in [6.45, 7) is 4.14. The van der Waals surface area contributed by atoms with Crippen LogP contribution in [-0.2, 0) is 11.2 Å². The molecule has 0 bridgehead atoms. The number of rotatable bonds is 9. The first-order chi connectivity index (χ1) is 13.2. The van der Waals surface area contributed by atoms with Gasteiger partial charge in [0.15, 0.2) is 11.5 Å². The van der Waals surface area contributed by atoms with Crippen LogP contribution in [0.25, 0.3) is 0 Å². The van der Waals surface area contributed by atoms with Crippen molar-refractivity contribution in [2.24, 2.45) is 5.92 Å². The van der Waals surface area contributed by atoms with Crippen LogP contribution in [0, 0.1) is 5.92 Å². The lowest BCUT2D eigenvalue weighted by atomic mass is 9.80. The Morgan fingerprint density at radius 2 is 1.93 bits per heavy atom. The summed E-state index contributed by atoms with van der Waals surface area (Å²) in [5.41, 5.74) is 2.65. The molecule has 152 valence electrons. The van der Waals surface area contributed by atoms with Crippen LogP contribution in [0.5, 0.6) is 11.5 Å². The Morgan fingerprint density at radius 3 is 2.63 bits per heavy atom. The van der Waals surface area contributed by atoms with Gasteiger partial charge >= 0.3 is 0 Å². The molecular weight excluding hydrogens is 345 g/mol. The summed E-state index contributed by atoms with van der Waals surface area (Å²) in [5, 5.41) is 0. The minimum absolute atomic E-state index is 0.137.